The number of rotatable bonds is 5. The third-order valence-electron chi connectivity index (χ3n) is 6.42. The average molecular weight is 424 g/mol. The van der Waals surface area contributed by atoms with Crippen LogP contribution in [-0.4, -0.2) is 11.7 Å². The van der Waals surface area contributed by atoms with E-state index in [-0.39, 0.29) is 0 Å². The van der Waals surface area contributed by atoms with Crippen molar-refractivity contribution in [3.63, 3.8) is 0 Å². The van der Waals surface area contributed by atoms with Gasteiger partial charge in [0.05, 0.1) is 0 Å². The zero-order chi connectivity index (χ0) is 20.9. The smallest absolute Gasteiger partial charge is 0.0405 e. The monoisotopic (exact) mass is 423 g/mol. The van der Waals surface area contributed by atoms with Crippen molar-refractivity contribution >= 4 is 18.5 Å². The van der Waals surface area contributed by atoms with Crippen molar-refractivity contribution in [1.29, 1.82) is 0 Å². The predicted molar refractivity (Wildman–Crippen MR) is 135 cm³/mol. The Balaban J connectivity index is 1.54. The van der Waals surface area contributed by atoms with Crippen LogP contribution in [0.2, 0.25) is 0 Å². The molecule has 156 valence electrons. The number of nitrogens with one attached hydrogen (secondary N) is 1. The van der Waals surface area contributed by atoms with Crippen LogP contribution in [0.3, 0.4) is 0 Å². The third-order valence-corrected chi connectivity index (χ3v) is 9.28. The van der Waals surface area contributed by atoms with Crippen molar-refractivity contribution in [1.82, 2.24) is 5.32 Å². The topological polar surface area (TPSA) is 12.0 Å². The van der Waals surface area contributed by atoms with Gasteiger partial charge in [0.25, 0.3) is 0 Å². The highest BCUT2D eigenvalue weighted by Crippen LogP contribution is 2.51. The van der Waals surface area contributed by atoms with Crippen LogP contribution in [0, 0.1) is 0 Å². The second-order valence-electron chi connectivity index (χ2n) is 8.47. The molecule has 3 atom stereocenters. The zero-order valence-corrected chi connectivity index (χ0v) is 18.8. The second-order valence-corrected chi connectivity index (χ2v) is 10.9. The summed E-state index contributed by atoms with van der Waals surface area (Å²) in [6, 6.07) is 32.2. The predicted octanol–water partition coefficient (Wildman–Crippen LogP) is 6.04. The maximum absolute atomic E-state index is 4.09. The molecule has 2 aliphatic carbocycles. The minimum Gasteiger partial charge on any atom is -0.303 e. The fourth-order valence-corrected chi connectivity index (χ4v) is 7.95. The van der Waals surface area contributed by atoms with Crippen LogP contribution in [0.4, 0.5) is 0 Å². The van der Waals surface area contributed by atoms with Crippen LogP contribution in [0.1, 0.15) is 36.4 Å². The maximum atomic E-state index is 4.09. The molecule has 0 aliphatic heterocycles. The van der Waals surface area contributed by atoms with E-state index in [0.717, 1.165) is 25.7 Å². The van der Waals surface area contributed by atoms with Crippen molar-refractivity contribution in [2.24, 2.45) is 0 Å². The minimum absolute atomic E-state index is 0.366. The molecule has 0 amide bonds. The highest BCUT2D eigenvalue weighted by Gasteiger charge is 2.39. The Morgan fingerprint density at radius 1 is 0.677 bits per heavy atom. The first kappa shape index (κ1) is 20.4. The van der Waals surface area contributed by atoms with E-state index >= 15 is 0 Å². The van der Waals surface area contributed by atoms with Gasteiger partial charge >= 0.3 is 0 Å². The van der Waals surface area contributed by atoms with E-state index in [9.17, 15) is 0 Å². The van der Waals surface area contributed by atoms with Crippen molar-refractivity contribution in [2.45, 2.75) is 43.4 Å². The van der Waals surface area contributed by atoms with Gasteiger partial charge in [-0.1, -0.05) is 109 Å². The lowest BCUT2D eigenvalue weighted by Gasteiger charge is -2.33. The summed E-state index contributed by atoms with van der Waals surface area (Å²) in [7, 11) is -0.481. The molecule has 31 heavy (non-hydrogen) atoms. The van der Waals surface area contributed by atoms with Gasteiger partial charge in [-0.25, -0.2) is 0 Å². The van der Waals surface area contributed by atoms with Gasteiger partial charge in [0.2, 0.25) is 0 Å². The van der Waals surface area contributed by atoms with Crippen molar-refractivity contribution in [3.05, 3.63) is 120 Å². The van der Waals surface area contributed by atoms with Crippen LogP contribution in [-0.2, 0) is 6.42 Å². The van der Waals surface area contributed by atoms with Crippen LogP contribution >= 0.6 is 7.92 Å². The molecule has 3 aromatic carbocycles. The van der Waals surface area contributed by atoms with E-state index in [1.165, 1.54) is 21.7 Å². The fourth-order valence-electron chi connectivity index (χ4n) is 4.97. The molecule has 0 saturated heterocycles. The summed E-state index contributed by atoms with van der Waals surface area (Å²) in [6.45, 7) is 0. The van der Waals surface area contributed by atoms with Gasteiger partial charge in [-0.15, -0.1) is 0 Å². The summed E-state index contributed by atoms with van der Waals surface area (Å²) in [6.07, 6.45) is 13.9. The summed E-state index contributed by atoms with van der Waals surface area (Å²) in [5.74, 6) is 0. The summed E-state index contributed by atoms with van der Waals surface area (Å²) in [5.41, 5.74) is 3.54. The molecule has 0 aromatic heterocycles. The fraction of sp³-hybridized carbons (Fsp3) is 0.241. The number of allylic oxidation sites excluding steroid dienone is 2. The molecule has 3 aromatic rings. The molecule has 2 heteroatoms. The second kappa shape index (κ2) is 9.77. The van der Waals surface area contributed by atoms with Crippen molar-refractivity contribution < 1.29 is 0 Å². The van der Waals surface area contributed by atoms with Crippen LogP contribution in [0.25, 0.3) is 0 Å². The zero-order valence-electron chi connectivity index (χ0n) is 17.9. The molecule has 0 spiro atoms. The third kappa shape index (κ3) is 4.59. The Hall–Kier alpha value is -2.47. The lowest BCUT2D eigenvalue weighted by Crippen LogP contribution is -2.38. The van der Waals surface area contributed by atoms with Crippen LogP contribution in [0.5, 0.6) is 0 Å². The Bertz CT molecular complexity index is 1000. The van der Waals surface area contributed by atoms with Gasteiger partial charge in [-0.05, 0) is 55.3 Å². The van der Waals surface area contributed by atoms with Crippen LogP contribution < -0.4 is 15.9 Å². The average Bonchev–Trinajstić information content (AvgIpc) is 3.15. The van der Waals surface area contributed by atoms with E-state index in [1.54, 1.807) is 0 Å². The highest BCUT2D eigenvalue weighted by molar-refractivity contribution is 7.73. The summed E-state index contributed by atoms with van der Waals surface area (Å²) in [4.78, 5) is 0. The van der Waals surface area contributed by atoms with Crippen LogP contribution in [0.15, 0.2) is 109 Å². The maximum Gasteiger partial charge on any atom is 0.0405 e. The molecule has 1 unspecified atom stereocenters. The van der Waals surface area contributed by atoms with Gasteiger partial charge in [-0.2, -0.15) is 0 Å². The van der Waals surface area contributed by atoms with Crippen molar-refractivity contribution in [3.8, 4) is 0 Å². The first-order valence-electron chi connectivity index (χ1n) is 11.4. The quantitative estimate of drug-likeness (QED) is 0.390. The first-order valence-corrected chi connectivity index (χ1v) is 12.9. The van der Waals surface area contributed by atoms with Crippen molar-refractivity contribution in [2.75, 3.05) is 0 Å². The Labute approximate surface area is 187 Å². The van der Waals surface area contributed by atoms with Gasteiger partial charge in [0.1, 0.15) is 0 Å². The summed E-state index contributed by atoms with van der Waals surface area (Å²) < 4.78 is 0. The molecule has 0 bridgehead atoms. The molecule has 0 saturated carbocycles. The SMILES string of the molecule is C1=CCC(N[C@@H]2c3ccccc3C[C@H]2P(c2ccccc2)c2ccccc2)/C=C\CC1. The largest absolute Gasteiger partial charge is 0.303 e. The summed E-state index contributed by atoms with van der Waals surface area (Å²) >= 11 is 0. The first-order chi connectivity index (χ1) is 15.4. The molecule has 0 heterocycles. The summed E-state index contributed by atoms with van der Waals surface area (Å²) in [5, 5.41) is 7.04. The van der Waals surface area contributed by atoms with Gasteiger partial charge in [0, 0.05) is 17.7 Å². The lowest BCUT2D eigenvalue weighted by atomic mass is 10.0. The van der Waals surface area contributed by atoms with E-state index < -0.39 is 7.92 Å². The van der Waals surface area contributed by atoms with E-state index in [4.69, 9.17) is 0 Å². The standard InChI is InChI=1S/C29H30NP/c1-2-6-15-24(16-7-3-1)30-29-27-21-13-12-14-23(27)22-28(29)31(25-17-8-4-9-18-25)26-19-10-5-11-20-26/h2,4-14,16-21,24,28-30H,1,3,15,22H2/b6-2?,16-7-/t24?,28-,29-/m1/s1. The molecule has 1 N–H and O–H groups in total. The van der Waals surface area contributed by atoms with E-state index in [1.807, 2.05) is 0 Å². The molecule has 2 aliphatic rings. The number of benzene rings is 3. The normalized spacial score (nSPS) is 23.8. The highest BCUT2D eigenvalue weighted by atomic mass is 31.1. The van der Waals surface area contributed by atoms with E-state index in [0.29, 0.717) is 17.7 Å². The molecule has 0 fully saturated rings. The van der Waals surface area contributed by atoms with Gasteiger partial charge < -0.3 is 5.32 Å². The molecular weight excluding hydrogens is 393 g/mol. The van der Waals surface area contributed by atoms with Gasteiger partial charge in [-0.3, -0.25) is 0 Å². The number of hydrogen-bond acceptors (Lipinski definition) is 1. The molecule has 0 radical (unpaired) electrons. The Morgan fingerprint density at radius 2 is 1.32 bits per heavy atom. The molecular formula is C29H30NP. The number of hydrogen-bond donors (Lipinski definition) is 1. The van der Waals surface area contributed by atoms with Gasteiger partial charge in [0.15, 0.2) is 0 Å². The Kier molecular flexibility index (Phi) is 6.44. The minimum atomic E-state index is -0.481. The Morgan fingerprint density at radius 3 is 2.06 bits per heavy atom. The lowest BCUT2D eigenvalue weighted by molar-refractivity contribution is 0.486. The molecule has 1 nitrogen and oxygen atoms in total. The van der Waals surface area contributed by atoms with E-state index in [2.05, 4.69) is 115 Å². The number of fused-ring (bicyclic) bond motifs is 1. The molecule has 5 rings (SSSR count).